The predicted octanol–water partition coefficient (Wildman–Crippen LogP) is 8.68. The Labute approximate surface area is 176 Å². The highest BCUT2D eigenvalue weighted by molar-refractivity contribution is 4.83. The van der Waals surface area contributed by atoms with Crippen molar-refractivity contribution in [2.45, 2.75) is 129 Å². The van der Waals surface area contributed by atoms with Crippen LogP contribution in [0.3, 0.4) is 0 Å². The van der Waals surface area contributed by atoms with Crippen molar-refractivity contribution in [3.8, 4) is 6.07 Å². The zero-order chi connectivity index (χ0) is 19.6. The fourth-order valence-electron chi connectivity index (χ4n) is 7.05. The maximum Gasteiger partial charge on any atom is 0.0621 e. The lowest BCUT2D eigenvalue weighted by Crippen LogP contribution is -2.26. The minimum absolute atomic E-state index is 0.767. The van der Waals surface area contributed by atoms with Gasteiger partial charge in [-0.1, -0.05) is 84.0 Å². The van der Waals surface area contributed by atoms with Gasteiger partial charge in [-0.15, -0.1) is 0 Å². The second-order valence-electron chi connectivity index (χ2n) is 10.9. The molecule has 0 saturated heterocycles. The van der Waals surface area contributed by atoms with Gasteiger partial charge in [0, 0.05) is 6.42 Å². The first-order chi connectivity index (χ1) is 13.8. The van der Waals surface area contributed by atoms with Gasteiger partial charge in [-0.2, -0.15) is 5.26 Å². The minimum Gasteiger partial charge on any atom is -0.198 e. The van der Waals surface area contributed by atoms with E-state index < -0.39 is 0 Å². The van der Waals surface area contributed by atoms with Crippen molar-refractivity contribution in [1.29, 1.82) is 5.26 Å². The molecule has 0 aliphatic heterocycles. The third-order valence-corrected chi connectivity index (χ3v) is 9.00. The molecule has 0 heterocycles. The van der Waals surface area contributed by atoms with Crippen LogP contribution in [0.2, 0.25) is 0 Å². The van der Waals surface area contributed by atoms with E-state index in [1.807, 2.05) is 0 Å². The lowest BCUT2D eigenvalue weighted by molar-refractivity contribution is 0.136. The molecule has 0 bridgehead atoms. The van der Waals surface area contributed by atoms with Gasteiger partial charge in [0.05, 0.1) is 6.07 Å². The molecule has 160 valence electrons. The van der Waals surface area contributed by atoms with Gasteiger partial charge in [-0.05, 0) is 74.0 Å². The second kappa shape index (κ2) is 12.2. The van der Waals surface area contributed by atoms with Crippen molar-refractivity contribution in [3.63, 3.8) is 0 Å². The number of unbranched alkanes of at least 4 members (excludes halogenated alkanes) is 1. The Balaban J connectivity index is 1.25. The predicted molar refractivity (Wildman–Crippen MR) is 120 cm³/mol. The summed E-state index contributed by atoms with van der Waals surface area (Å²) in [5, 5.41) is 8.70. The number of hydrogen-bond donors (Lipinski definition) is 0. The standard InChI is InChI=1S/C27H47N/c1-2-5-22-13-17-26(18-14-22)27-19-15-25(16-20-27)12-11-24-9-7-23(8-10-24)6-3-4-21-28/h22-27H,2-20H2,1H3. The summed E-state index contributed by atoms with van der Waals surface area (Å²) >= 11 is 0. The van der Waals surface area contributed by atoms with Gasteiger partial charge in [-0.25, -0.2) is 0 Å². The molecule has 0 atom stereocenters. The Bertz CT molecular complexity index is 439. The summed E-state index contributed by atoms with van der Waals surface area (Å²) in [4.78, 5) is 0. The molecule has 0 spiro atoms. The van der Waals surface area contributed by atoms with E-state index in [0.717, 1.165) is 48.3 Å². The highest BCUT2D eigenvalue weighted by Crippen LogP contribution is 2.43. The van der Waals surface area contributed by atoms with Crippen LogP contribution in [0.25, 0.3) is 0 Å². The first-order valence-corrected chi connectivity index (χ1v) is 13.1. The average Bonchev–Trinajstić information content (AvgIpc) is 2.75. The molecule has 0 radical (unpaired) electrons. The van der Waals surface area contributed by atoms with Crippen LogP contribution >= 0.6 is 0 Å². The lowest BCUT2D eigenvalue weighted by atomic mass is 9.68. The molecule has 0 aromatic rings. The maximum absolute atomic E-state index is 8.70. The topological polar surface area (TPSA) is 23.8 Å². The third-order valence-electron chi connectivity index (χ3n) is 9.00. The van der Waals surface area contributed by atoms with E-state index in [2.05, 4.69) is 13.0 Å². The highest BCUT2D eigenvalue weighted by Gasteiger charge is 2.31. The first-order valence-electron chi connectivity index (χ1n) is 13.1. The normalized spacial score (nSPS) is 36.7. The fraction of sp³-hybridized carbons (Fsp3) is 0.963. The molecule has 3 aliphatic rings. The third kappa shape index (κ3) is 7.07. The van der Waals surface area contributed by atoms with Crippen LogP contribution in [0.4, 0.5) is 0 Å². The summed E-state index contributed by atoms with van der Waals surface area (Å²) < 4.78 is 0. The van der Waals surface area contributed by atoms with E-state index in [0.29, 0.717) is 0 Å². The van der Waals surface area contributed by atoms with Crippen molar-refractivity contribution >= 4 is 0 Å². The molecule has 0 aromatic heterocycles. The maximum atomic E-state index is 8.70. The van der Waals surface area contributed by atoms with Crippen LogP contribution in [-0.2, 0) is 0 Å². The molecular formula is C27H47N. The smallest absolute Gasteiger partial charge is 0.0621 e. The molecule has 3 saturated carbocycles. The molecule has 0 N–H and O–H groups in total. The largest absolute Gasteiger partial charge is 0.198 e. The summed E-state index contributed by atoms with van der Waals surface area (Å²) in [5.74, 6) is 6.26. The number of nitriles is 1. The van der Waals surface area contributed by atoms with Crippen LogP contribution in [-0.4, -0.2) is 0 Å². The molecule has 3 rings (SSSR count). The van der Waals surface area contributed by atoms with Gasteiger partial charge >= 0.3 is 0 Å². The van der Waals surface area contributed by atoms with E-state index >= 15 is 0 Å². The Morgan fingerprint density at radius 3 is 1.39 bits per heavy atom. The molecular weight excluding hydrogens is 338 g/mol. The van der Waals surface area contributed by atoms with Crippen LogP contribution in [0.5, 0.6) is 0 Å². The number of rotatable bonds is 9. The Hall–Kier alpha value is -0.510. The van der Waals surface area contributed by atoms with E-state index in [4.69, 9.17) is 5.26 Å². The average molecular weight is 386 g/mol. The SMILES string of the molecule is CCCC1CCC(C2CCC(CCC3CCC(CCCC#N)CC3)CC2)CC1. The van der Waals surface area contributed by atoms with Crippen molar-refractivity contribution < 1.29 is 0 Å². The zero-order valence-electron chi connectivity index (χ0n) is 18.8. The molecule has 28 heavy (non-hydrogen) atoms. The van der Waals surface area contributed by atoms with Gasteiger partial charge in [-0.3, -0.25) is 0 Å². The van der Waals surface area contributed by atoms with Crippen molar-refractivity contribution in [1.82, 2.24) is 0 Å². The van der Waals surface area contributed by atoms with Gasteiger partial charge in [0.1, 0.15) is 0 Å². The zero-order valence-corrected chi connectivity index (χ0v) is 18.8. The van der Waals surface area contributed by atoms with Crippen LogP contribution < -0.4 is 0 Å². The molecule has 0 amide bonds. The molecule has 0 aromatic carbocycles. The van der Waals surface area contributed by atoms with Crippen molar-refractivity contribution in [2.75, 3.05) is 0 Å². The number of hydrogen-bond acceptors (Lipinski definition) is 1. The van der Waals surface area contributed by atoms with Crippen LogP contribution in [0.1, 0.15) is 129 Å². The summed E-state index contributed by atoms with van der Waals surface area (Å²) in [6.45, 7) is 2.36. The van der Waals surface area contributed by atoms with E-state index in [-0.39, 0.29) is 0 Å². The Kier molecular flexibility index (Phi) is 9.70. The lowest BCUT2D eigenvalue weighted by Gasteiger charge is -2.38. The number of nitrogens with zero attached hydrogens (tertiary/aromatic N) is 1. The van der Waals surface area contributed by atoms with Gasteiger partial charge < -0.3 is 0 Å². The van der Waals surface area contributed by atoms with E-state index in [1.165, 1.54) is 70.6 Å². The summed E-state index contributed by atoms with van der Waals surface area (Å²) in [5.41, 5.74) is 0. The molecule has 3 aliphatic carbocycles. The van der Waals surface area contributed by atoms with Gasteiger partial charge in [0.15, 0.2) is 0 Å². The summed E-state index contributed by atoms with van der Waals surface area (Å²) in [6, 6.07) is 2.30. The highest BCUT2D eigenvalue weighted by atomic mass is 14.4. The molecule has 1 heteroatoms. The van der Waals surface area contributed by atoms with Gasteiger partial charge in [0.2, 0.25) is 0 Å². The Morgan fingerprint density at radius 2 is 0.964 bits per heavy atom. The van der Waals surface area contributed by atoms with Crippen LogP contribution in [0.15, 0.2) is 0 Å². The van der Waals surface area contributed by atoms with E-state index in [9.17, 15) is 0 Å². The first kappa shape index (κ1) is 22.2. The molecule has 1 nitrogen and oxygen atoms in total. The quantitative estimate of drug-likeness (QED) is 0.364. The van der Waals surface area contributed by atoms with Crippen LogP contribution in [0, 0.1) is 46.8 Å². The monoisotopic (exact) mass is 385 g/mol. The molecule has 3 fully saturated rings. The summed E-state index contributed by atoms with van der Waals surface area (Å²) in [7, 11) is 0. The van der Waals surface area contributed by atoms with E-state index in [1.54, 1.807) is 38.5 Å². The molecule has 0 unspecified atom stereocenters. The Morgan fingerprint density at radius 1 is 0.571 bits per heavy atom. The van der Waals surface area contributed by atoms with Crippen molar-refractivity contribution in [3.05, 3.63) is 0 Å². The van der Waals surface area contributed by atoms with Crippen molar-refractivity contribution in [2.24, 2.45) is 35.5 Å². The fourth-order valence-corrected chi connectivity index (χ4v) is 7.05. The second-order valence-corrected chi connectivity index (χ2v) is 10.9. The summed E-state index contributed by atoms with van der Waals surface area (Å²) in [6.07, 6.45) is 27.4. The minimum atomic E-state index is 0.767. The van der Waals surface area contributed by atoms with Gasteiger partial charge in [0.25, 0.3) is 0 Å².